The van der Waals surface area contributed by atoms with Gasteiger partial charge < -0.3 is 28.9 Å². The molecule has 19 heteroatoms. The fourth-order valence-electron chi connectivity index (χ4n) is 3.63. The van der Waals surface area contributed by atoms with Gasteiger partial charge in [-0.15, -0.1) is 0 Å². The number of aliphatic hydroxyl groups is 2. The minimum atomic E-state index is -3.83. The van der Waals surface area contributed by atoms with Crippen LogP contribution in [0.4, 0.5) is 8.78 Å². The monoisotopic (exact) mass is 650 g/mol. The molecule has 0 saturated carbocycles. The van der Waals surface area contributed by atoms with E-state index >= 15 is 0 Å². The normalized spacial score (nSPS) is 24.6. The molecule has 0 bridgehead atoms. The van der Waals surface area contributed by atoms with Crippen molar-refractivity contribution in [3.05, 3.63) is 32.1 Å². The average Bonchev–Trinajstić information content (AvgIpc) is 3.10. The fraction of sp³-hybridized carbons (Fsp3) is 0.727. The summed E-state index contributed by atoms with van der Waals surface area (Å²) >= 11 is 11.3. The summed E-state index contributed by atoms with van der Waals surface area (Å²) in [5, 5.41) is 26.1. The van der Waals surface area contributed by atoms with Crippen LogP contribution >= 0.6 is 18.2 Å². The Labute approximate surface area is 243 Å². The topological polar surface area (TPSA) is 190 Å². The lowest BCUT2D eigenvalue weighted by molar-refractivity contribution is -0.191. The van der Waals surface area contributed by atoms with Gasteiger partial charge in [-0.3, -0.25) is 23.9 Å². The fourth-order valence-corrected chi connectivity index (χ4v) is 6.73. The maximum absolute atomic E-state index is 14.5. The number of esters is 2. The van der Waals surface area contributed by atoms with Gasteiger partial charge >= 0.3 is 17.6 Å². The van der Waals surface area contributed by atoms with Crippen LogP contribution in [0.1, 0.15) is 47.8 Å². The van der Waals surface area contributed by atoms with Gasteiger partial charge in [0.1, 0.15) is 29.3 Å². The molecular formula is C22H34ClF2N4O10PS. The van der Waals surface area contributed by atoms with Crippen molar-refractivity contribution < 1.29 is 47.3 Å². The standard InChI is InChI=1S/C22H34ClF2N4O10PS/c1-9(2)37-18(33)11(5)27-40(41,28-12(6)19(34)38-10(3)4)36-8-22(20(24)25)15(31)14(30)17(39-22)29-7-13(23)16(32)26-21(29)35/h7,9-12,14-15,17,20,30-31H,8H2,1-6H3,(H,26,32,35)(H2,27,28,41)/t11-,12-,14+,15-,17+,22+/m0/s1. The van der Waals surface area contributed by atoms with Gasteiger partial charge in [-0.2, -0.15) is 0 Å². The van der Waals surface area contributed by atoms with E-state index in [1.807, 2.05) is 4.98 Å². The number of carbonyl (C=O) groups is 2. The molecule has 1 aliphatic heterocycles. The van der Waals surface area contributed by atoms with Crippen molar-refractivity contribution >= 4 is 41.9 Å². The summed E-state index contributed by atoms with van der Waals surface area (Å²) in [5.74, 6) is -1.52. The van der Waals surface area contributed by atoms with Gasteiger partial charge in [-0.1, -0.05) is 11.6 Å². The first-order valence-electron chi connectivity index (χ1n) is 12.4. The number of aromatic nitrogens is 2. The highest BCUT2D eigenvalue weighted by atomic mass is 35.5. The molecule has 1 saturated heterocycles. The number of H-pyrrole nitrogens is 1. The van der Waals surface area contributed by atoms with Crippen LogP contribution in [-0.4, -0.2) is 86.8 Å². The van der Waals surface area contributed by atoms with Crippen LogP contribution in [0.5, 0.6) is 0 Å². The third-order valence-corrected chi connectivity index (χ3v) is 8.80. The number of hydrogen-bond donors (Lipinski definition) is 5. The Kier molecular flexibility index (Phi) is 12.2. The highest BCUT2D eigenvalue weighted by Gasteiger charge is 2.61. The number of halogens is 3. The maximum Gasteiger partial charge on any atom is 0.330 e. The molecule has 2 heterocycles. The van der Waals surface area contributed by atoms with E-state index in [9.17, 15) is 38.2 Å². The number of aromatic amines is 1. The first-order valence-corrected chi connectivity index (χ1v) is 15.5. The van der Waals surface area contributed by atoms with E-state index in [-0.39, 0.29) is 0 Å². The van der Waals surface area contributed by atoms with Crippen LogP contribution < -0.4 is 21.4 Å². The predicted octanol–water partition coefficient (Wildman–Crippen LogP) is 0.545. The van der Waals surface area contributed by atoms with Crippen LogP contribution in [0.2, 0.25) is 5.02 Å². The lowest BCUT2D eigenvalue weighted by atomic mass is 9.96. The molecule has 1 aliphatic rings. The van der Waals surface area contributed by atoms with Crippen LogP contribution in [-0.2, 0) is 40.1 Å². The Balaban J connectivity index is 2.42. The molecular weight excluding hydrogens is 617 g/mol. The zero-order chi connectivity index (χ0) is 31.4. The van der Waals surface area contributed by atoms with E-state index in [4.69, 9.17) is 42.1 Å². The van der Waals surface area contributed by atoms with Crippen molar-refractivity contribution in [2.75, 3.05) is 6.61 Å². The molecule has 1 aromatic rings. The van der Waals surface area contributed by atoms with Gasteiger partial charge in [0.25, 0.3) is 12.0 Å². The molecule has 1 aromatic heterocycles. The van der Waals surface area contributed by atoms with Crippen molar-refractivity contribution in [3.63, 3.8) is 0 Å². The number of carbonyl (C=O) groups excluding carboxylic acids is 2. The Morgan fingerprint density at radius 3 is 2.05 bits per heavy atom. The number of nitrogens with one attached hydrogen (secondary N) is 3. The molecule has 6 atom stereocenters. The summed E-state index contributed by atoms with van der Waals surface area (Å²) in [7, 11) is 0. The number of alkyl halides is 2. The second-order valence-electron chi connectivity index (χ2n) is 9.84. The molecule has 0 aliphatic carbocycles. The van der Waals surface area contributed by atoms with Gasteiger partial charge in [0.2, 0.25) is 0 Å². The average molecular weight is 651 g/mol. The van der Waals surface area contributed by atoms with Gasteiger partial charge in [0, 0.05) is 6.20 Å². The van der Waals surface area contributed by atoms with Crippen molar-refractivity contribution in [2.24, 2.45) is 0 Å². The summed E-state index contributed by atoms with van der Waals surface area (Å²) in [4.78, 5) is 50.6. The molecule has 0 unspecified atom stereocenters. The Morgan fingerprint density at radius 2 is 1.61 bits per heavy atom. The van der Waals surface area contributed by atoms with Crippen molar-refractivity contribution in [3.8, 4) is 0 Å². The largest absolute Gasteiger partial charge is 0.462 e. The minimum Gasteiger partial charge on any atom is -0.462 e. The second kappa shape index (κ2) is 14.1. The second-order valence-corrected chi connectivity index (χ2v) is 13.7. The highest BCUT2D eigenvalue weighted by molar-refractivity contribution is 8.10. The van der Waals surface area contributed by atoms with Crippen molar-refractivity contribution in [1.29, 1.82) is 0 Å². The number of aliphatic hydroxyl groups excluding tert-OH is 2. The van der Waals surface area contributed by atoms with E-state index in [1.165, 1.54) is 13.8 Å². The first kappa shape index (κ1) is 35.4. The molecule has 0 radical (unpaired) electrons. The quantitative estimate of drug-likeness (QED) is 0.147. The van der Waals surface area contributed by atoms with Crippen molar-refractivity contribution in [1.82, 2.24) is 19.7 Å². The summed E-state index contributed by atoms with van der Waals surface area (Å²) in [6.07, 6.45) is -10.2. The van der Waals surface area contributed by atoms with Crippen LogP contribution in [0.3, 0.4) is 0 Å². The predicted molar refractivity (Wildman–Crippen MR) is 145 cm³/mol. The summed E-state index contributed by atoms with van der Waals surface area (Å²) in [5.41, 5.74) is -5.11. The molecule has 0 spiro atoms. The highest BCUT2D eigenvalue weighted by Crippen LogP contribution is 2.46. The Hall–Kier alpha value is -1.82. The van der Waals surface area contributed by atoms with Gasteiger partial charge in [-0.05, 0) is 53.3 Å². The van der Waals surface area contributed by atoms with E-state index in [1.54, 1.807) is 27.7 Å². The van der Waals surface area contributed by atoms with Crippen LogP contribution in [0.25, 0.3) is 0 Å². The van der Waals surface area contributed by atoms with E-state index in [0.717, 1.165) is 6.20 Å². The van der Waals surface area contributed by atoms with Crippen molar-refractivity contribution in [2.45, 2.75) is 96.3 Å². The minimum absolute atomic E-state index is 0.495. The Bertz CT molecular complexity index is 1230. The lowest BCUT2D eigenvalue weighted by Gasteiger charge is -2.35. The first-order chi connectivity index (χ1) is 18.8. The molecule has 0 aromatic carbocycles. The molecule has 2 rings (SSSR count). The van der Waals surface area contributed by atoms with E-state index in [0.29, 0.717) is 4.57 Å². The molecule has 41 heavy (non-hydrogen) atoms. The number of hydrogen-bond acceptors (Lipinski definition) is 11. The third-order valence-electron chi connectivity index (χ3n) is 5.63. The summed E-state index contributed by atoms with van der Waals surface area (Å²) < 4.78 is 50.9. The third kappa shape index (κ3) is 8.61. The van der Waals surface area contributed by atoms with Gasteiger partial charge in [0.05, 0.1) is 18.8 Å². The van der Waals surface area contributed by atoms with Crippen LogP contribution in [0.15, 0.2) is 15.8 Å². The van der Waals surface area contributed by atoms with Gasteiger partial charge in [-0.25, -0.2) is 23.7 Å². The molecule has 234 valence electrons. The zero-order valence-corrected chi connectivity index (χ0v) is 25.5. The zero-order valence-electron chi connectivity index (χ0n) is 23.0. The van der Waals surface area contributed by atoms with Gasteiger partial charge in [0.15, 0.2) is 18.4 Å². The van der Waals surface area contributed by atoms with E-state index < -0.39 is 96.1 Å². The number of nitrogens with zero attached hydrogens (tertiary/aromatic N) is 1. The molecule has 14 nitrogen and oxygen atoms in total. The Morgan fingerprint density at radius 1 is 1.12 bits per heavy atom. The van der Waals surface area contributed by atoms with E-state index in [2.05, 4.69) is 10.2 Å². The lowest BCUT2D eigenvalue weighted by Crippen LogP contribution is -2.53. The smallest absolute Gasteiger partial charge is 0.330 e. The summed E-state index contributed by atoms with van der Waals surface area (Å²) in [6.45, 7) is 4.12. The SMILES string of the molecule is CC(C)OC(=O)[C@H](C)NP(=S)(N[C@@H](C)C(=O)OC(C)C)OC[C@@]1(C(F)F)O[C@@H](n2cc(Cl)c(=O)[nH]c2=O)[C@H](O)[C@@H]1O. The number of rotatable bonds is 13. The molecule has 0 amide bonds. The van der Waals surface area contributed by atoms with Crippen LogP contribution in [0, 0.1) is 0 Å². The summed E-state index contributed by atoms with van der Waals surface area (Å²) in [6, 6.07) is -2.30. The number of ether oxygens (including phenoxy) is 3. The molecule has 1 fully saturated rings. The maximum atomic E-state index is 14.5. The molecule has 5 N–H and O–H groups in total.